The predicted octanol–water partition coefficient (Wildman–Crippen LogP) is 2.95. The Morgan fingerprint density at radius 3 is 2.57 bits per heavy atom. The lowest BCUT2D eigenvalue weighted by atomic mass is 10.1. The summed E-state index contributed by atoms with van der Waals surface area (Å²) in [5, 5.41) is 4.59. The molecule has 1 atom stereocenters. The van der Waals surface area contributed by atoms with E-state index in [-0.39, 0.29) is 24.2 Å². The third-order valence-corrected chi connectivity index (χ3v) is 4.18. The SMILES string of the molecule is O=C(CC1CN(c2ccccc2)NC1=O)Nc1ccc(Br)cc1. The third kappa shape index (κ3) is 3.90. The fourth-order valence-electron chi connectivity index (χ4n) is 2.48. The van der Waals surface area contributed by atoms with Crippen LogP contribution in [-0.4, -0.2) is 18.4 Å². The van der Waals surface area contributed by atoms with E-state index in [9.17, 15) is 9.59 Å². The molecule has 0 bridgehead atoms. The Balaban J connectivity index is 1.58. The third-order valence-electron chi connectivity index (χ3n) is 3.65. The fraction of sp³-hybridized carbons (Fsp3) is 0.176. The van der Waals surface area contributed by atoms with Gasteiger partial charge in [-0.3, -0.25) is 20.0 Å². The van der Waals surface area contributed by atoms with E-state index in [0.717, 1.165) is 15.8 Å². The first kappa shape index (κ1) is 15.6. The van der Waals surface area contributed by atoms with Crippen molar-refractivity contribution in [3.05, 3.63) is 59.1 Å². The van der Waals surface area contributed by atoms with E-state index < -0.39 is 0 Å². The Morgan fingerprint density at radius 1 is 1.17 bits per heavy atom. The zero-order valence-corrected chi connectivity index (χ0v) is 13.9. The van der Waals surface area contributed by atoms with E-state index in [1.54, 1.807) is 5.01 Å². The molecule has 23 heavy (non-hydrogen) atoms. The van der Waals surface area contributed by atoms with Gasteiger partial charge in [-0.15, -0.1) is 0 Å². The highest BCUT2D eigenvalue weighted by Gasteiger charge is 2.32. The van der Waals surface area contributed by atoms with Gasteiger partial charge in [-0.1, -0.05) is 34.1 Å². The quantitative estimate of drug-likeness (QED) is 0.865. The molecule has 0 aromatic heterocycles. The van der Waals surface area contributed by atoms with Gasteiger partial charge in [0.2, 0.25) is 11.8 Å². The van der Waals surface area contributed by atoms with Gasteiger partial charge in [-0.2, -0.15) is 0 Å². The molecule has 0 aliphatic carbocycles. The van der Waals surface area contributed by atoms with Crippen LogP contribution in [0.1, 0.15) is 6.42 Å². The van der Waals surface area contributed by atoms with Crippen molar-refractivity contribution in [2.45, 2.75) is 6.42 Å². The van der Waals surface area contributed by atoms with Crippen molar-refractivity contribution in [3.63, 3.8) is 0 Å². The number of nitrogens with one attached hydrogen (secondary N) is 2. The van der Waals surface area contributed by atoms with Crippen LogP contribution < -0.4 is 15.8 Å². The van der Waals surface area contributed by atoms with Crippen molar-refractivity contribution < 1.29 is 9.59 Å². The topological polar surface area (TPSA) is 61.4 Å². The summed E-state index contributed by atoms with van der Waals surface area (Å²) < 4.78 is 0.948. The van der Waals surface area contributed by atoms with E-state index in [0.29, 0.717) is 6.54 Å². The normalized spacial score (nSPS) is 17.0. The Kier molecular flexibility index (Phi) is 4.62. The summed E-state index contributed by atoms with van der Waals surface area (Å²) in [5.74, 6) is -0.646. The Morgan fingerprint density at radius 2 is 1.87 bits per heavy atom. The van der Waals surface area contributed by atoms with Gasteiger partial charge in [0.15, 0.2) is 0 Å². The second-order valence-electron chi connectivity index (χ2n) is 5.38. The van der Waals surface area contributed by atoms with Gasteiger partial charge in [0.05, 0.1) is 18.2 Å². The van der Waals surface area contributed by atoms with Crippen molar-refractivity contribution in [1.29, 1.82) is 0 Å². The molecular weight excluding hydrogens is 358 g/mol. The van der Waals surface area contributed by atoms with E-state index in [2.05, 4.69) is 26.7 Å². The average molecular weight is 374 g/mol. The van der Waals surface area contributed by atoms with E-state index in [4.69, 9.17) is 0 Å². The number of hydrazine groups is 1. The van der Waals surface area contributed by atoms with Gasteiger partial charge in [0.25, 0.3) is 0 Å². The molecule has 2 N–H and O–H groups in total. The van der Waals surface area contributed by atoms with E-state index in [1.807, 2.05) is 54.6 Å². The van der Waals surface area contributed by atoms with Crippen LogP contribution in [0.4, 0.5) is 11.4 Å². The van der Waals surface area contributed by atoms with Crippen molar-refractivity contribution in [1.82, 2.24) is 5.43 Å². The molecule has 1 fully saturated rings. The number of carbonyl (C=O) groups excluding carboxylic acids is 2. The van der Waals surface area contributed by atoms with Crippen molar-refractivity contribution in [2.75, 3.05) is 16.9 Å². The zero-order valence-electron chi connectivity index (χ0n) is 12.3. The van der Waals surface area contributed by atoms with Gasteiger partial charge in [-0.25, -0.2) is 0 Å². The highest BCUT2D eigenvalue weighted by Crippen LogP contribution is 2.21. The zero-order chi connectivity index (χ0) is 16.2. The lowest BCUT2D eigenvalue weighted by molar-refractivity contribution is -0.126. The largest absolute Gasteiger partial charge is 0.326 e. The molecule has 5 nitrogen and oxygen atoms in total. The molecule has 2 aromatic rings. The summed E-state index contributed by atoms with van der Waals surface area (Å²) in [6, 6.07) is 16.9. The van der Waals surface area contributed by atoms with Crippen LogP contribution in [0, 0.1) is 5.92 Å². The maximum Gasteiger partial charge on any atom is 0.243 e. The Bertz CT molecular complexity index is 704. The minimum atomic E-state index is -0.356. The van der Waals surface area contributed by atoms with Gasteiger partial charge < -0.3 is 5.32 Å². The van der Waals surface area contributed by atoms with Crippen molar-refractivity contribution >= 4 is 39.1 Å². The van der Waals surface area contributed by atoms with Crippen LogP contribution >= 0.6 is 15.9 Å². The highest BCUT2D eigenvalue weighted by molar-refractivity contribution is 9.10. The number of amides is 2. The maximum atomic E-state index is 12.1. The molecule has 1 unspecified atom stereocenters. The lowest BCUT2D eigenvalue weighted by Gasteiger charge is -2.17. The molecule has 3 rings (SSSR count). The molecule has 1 aliphatic heterocycles. The first-order valence-electron chi connectivity index (χ1n) is 7.30. The molecule has 2 aromatic carbocycles. The van der Waals surface area contributed by atoms with Crippen molar-refractivity contribution in [3.8, 4) is 0 Å². The summed E-state index contributed by atoms with van der Waals surface area (Å²) in [4.78, 5) is 24.2. The molecule has 118 valence electrons. The molecule has 1 heterocycles. The highest BCUT2D eigenvalue weighted by atomic mass is 79.9. The number of nitrogens with zero attached hydrogens (tertiary/aromatic N) is 1. The average Bonchev–Trinajstić information content (AvgIpc) is 2.91. The van der Waals surface area contributed by atoms with Crippen LogP contribution in [0.25, 0.3) is 0 Å². The van der Waals surface area contributed by atoms with E-state index in [1.165, 1.54) is 0 Å². The monoisotopic (exact) mass is 373 g/mol. The number of hydrogen-bond acceptors (Lipinski definition) is 3. The van der Waals surface area contributed by atoms with Gasteiger partial charge in [-0.05, 0) is 36.4 Å². The van der Waals surface area contributed by atoms with Crippen LogP contribution in [0.5, 0.6) is 0 Å². The number of rotatable bonds is 4. The molecule has 0 spiro atoms. The standard InChI is InChI=1S/C17H16BrN3O2/c18-13-6-8-14(9-7-13)19-16(22)10-12-11-21(20-17(12)23)15-4-2-1-3-5-15/h1-9,12H,10-11H2,(H,19,22)(H,20,23). The van der Waals surface area contributed by atoms with Gasteiger partial charge in [0, 0.05) is 16.6 Å². The second kappa shape index (κ2) is 6.83. The summed E-state index contributed by atoms with van der Waals surface area (Å²) >= 11 is 3.35. The van der Waals surface area contributed by atoms with Crippen LogP contribution in [0.15, 0.2) is 59.1 Å². The number of carbonyl (C=O) groups is 2. The van der Waals surface area contributed by atoms with Crippen LogP contribution in [-0.2, 0) is 9.59 Å². The molecule has 1 saturated heterocycles. The molecule has 0 radical (unpaired) electrons. The smallest absolute Gasteiger partial charge is 0.243 e. The number of anilines is 2. The summed E-state index contributed by atoms with van der Waals surface area (Å²) in [5.41, 5.74) is 4.44. The summed E-state index contributed by atoms with van der Waals surface area (Å²) in [7, 11) is 0. The minimum Gasteiger partial charge on any atom is -0.326 e. The Hall–Kier alpha value is -2.34. The minimum absolute atomic E-state index is 0.125. The molecule has 6 heteroatoms. The van der Waals surface area contributed by atoms with Crippen LogP contribution in [0.3, 0.4) is 0 Å². The van der Waals surface area contributed by atoms with Crippen molar-refractivity contribution in [2.24, 2.45) is 5.92 Å². The molecule has 0 saturated carbocycles. The van der Waals surface area contributed by atoms with E-state index >= 15 is 0 Å². The fourth-order valence-corrected chi connectivity index (χ4v) is 2.74. The molecule has 1 aliphatic rings. The number of hydrogen-bond donors (Lipinski definition) is 2. The van der Waals surface area contributed by atoms with Crippen LogP contribution in [0.2, 0.25) is 0 Å². The maximum absolute atomic E-state index is 12.1. The van der Waals surface area contributed by atoms with Gasteiger partial charge >= 0.3 is 0 Å². The molecule has 2 amide bonds. The summed E-state index contributed by atoms with van der Waals surface area (Å²) in [6.07, 6.45) is 0.158. The number of para-hydroxylation sites is 1. The molecular formula is C17H16BrN3O2. The van der Waals surface area contributed by atoms with Gasteiger partial charge in [0.1, 0.15) is 0 Å². The summed E-state index contributed by atoms with van der Waals surface area (Å²) in [6.45, 7) is 0.483. The lowest BCUT2D eigenvalue weighted by Crippen LogP contribution is -2.32. The number of halogens is 1. The second-order valence-corrected chi connectivity index (χ2v) is 6.29. The predicted molar refractivity (Wildman–Crippen MR) is 92.8 cm³/mol. The number of benzene rings is 2. The first-order chi connectivity index (χ1) is 11.1. The Labute approximate surface area is 142 Å². The first-order valence-corrected chi connectivity index (χ1v) is 8.09.